The van der Waals surface area contributed by atoms with Crippen molar-refractivity contribution in [3.05, 3.63) is 53.8 Å². The molecule has 0 N–H and O–H groups in total. The molecule has 0 spiro atoms. The Morgan fingerprint density at radius 2 is 1.84 bits per heavy atom. The van der Waals surface area contributed by atoms with Gasteiger partial charge < -0.3 is 0 Å². The maximum absolute atomic E-state index is 6.09. The molecule has 2 heterocycles. The molecule has 0 radical (unpaired) electrons. The molecule has 0 amide bonds. The lowest BCUT2D eigenvalue weighted by molar-refractivity contribution is 0.770. The van der Waals surface area contributed by atoms with Crippen molar-refractivity contribution >= 4 is 11.6 Å². The van der Waals surface area contributed by atoms with Crippen LogP contribution in [-0.2, 0) is 7.05 Å². The van der Waals surface area contributed by atoms with E-state index in [-0.39, 0.29) is 0 Å². The monoisotopic (exact) mass is 270 g/mol. The van der Waals surface area contributed by atoms with Crippen LogP contribution in [0.3, 0.4) is 0 Å². The SMILES string of the molecule is Cn1nccc1-c1nc(Cl)cc(-c2ccccc2)n1. The summed E-state index contributed by atoms with van der Waals surface area (Å²) in [5.74, 6) is 0.575. The fourth-order valence-corrected chi connectivity index (χ4v) is 2.07. The zero-order valence-electron chi connectivity index (χ0n) is 10.3. The van der Waals surface area contributed by atoms with Gasteiger partial charge in [0, 0.05) is 24.9 Å². The Labute approximate surface area is 115 Å². The first-order chi connectivity index (χ1) is 9.24. The summed E-state index contributed by atoms with van der Waals surface area (Å²) in [5.41, 5.74) is 2.65. The maximum atomic E-state index is 6.09. The van der Waals surface area contributed by atoms with Crippen LogP contribution in [0.4, 0.5) is 0 Å². The molecule has 0 aliphatic rings. The molecule has 0 atom stereocenters. The van der Waals surface area contributed by atoms with Crippen LogP contribution in [0, 0.1) is 0 Å². The van der Waals surface area contributed by atoms with E-state index < -0.39 is 0 Å². The van der Waals surface area contributed by atoms with Crippen molar-refractivity contribution in [2.75, 3.05) is 0 Å². The van der Waals surface area contributed by atoms with Gasteiger partial charge in [-0.05, 0) is 6.07 Å². The minimum Gasteiger partial charge on any atom is -0.265 e. The van der Waals surface area contributed by atoms with Gasteiger partial charge in [0.15, 0.2) is 5.82 Å². The molecule has 0 fully saturated rings. The van der Waals surface area contributed by atoms with Crippen LogP contribution in [0.15, 0.2) is 48.7 Å². The van der Waals surface area contributed by atoms with Crippen molar-refractivity contribution in [3.63, 3.8) is 0 Å². The summed E-state index contributed by atoms with van der Waals surface area (Å²) < 4.78 is 1.72. The van der Waals surface area contributed by atoms with Gasteiger partial charge in [-0.25, -0.2) is 9.97 Å². The van der Waals surface area contributed by atoms with Gasteiger partial charge in [-0.1, -0.05) is 41.9 Å². The third-order valence-electron chi connectivity index (χ3n) is 2.81. The summed E-state index contributed by atoms with van der Waals surface area (Å²) in [5, 5.41) is 4.54. The van der Waals surface area contributed by atoms with Gasteiger partial charge in [0.05, 0.1) is 5.69 Å². The number of aryl methyl sites for hydroxylation is 1. The smallest absolute Gasteiger partial charge is 0.179 e. The largest absolute Gasteiger partial charge is 0.265 e. The second kappa shape index (κ2) is 4.82. The van der Waals surface area contributed by atoms with E-state index in [4.69, 9.17) is 11.6 Å². The molecule has 19 heavy (non-hydrogen) atoms. The van der Waals surface area contributed by atoms with Gasteiger partial charge in [0.1, 0.15) is 10.8 Å². The highest BCUT2D eigenvalue weighted by Gasteiger charge is 2.10. The topological polar surface area (TPSA) is 43.6 Å². The first-order valence-electron chi connectivity index (χ1n) is 5.82. The molecule has 0 bridgehead atoms. The molecule has 1 aromatic carbocycles. The molecule has 3 aromatic rings. The lowest BCUT2D eigenvalue weighted by Crippen LogP contribution is -1.99. The number of halogens is 1. The van der Waals surface area contributed by atoms with E-state index in [1.165, 1.54) is 0 Å². The Balaban J connectivity index is 2.14. The van der Waals surface area contributed by atoms with Crippen LogP contribution in [0.2, 0.25) is 5.15 Å². The minimum absolute atomic E-state index is 0.421. The molecule has 0 saturated carbocycles. The summed E-state index contributed by atoms with van der Waals surface area (Å²) in [6.45, 7) is 0. The van der Waals surface area contributed by atoms with E-state index >= 15 is 0 Å². The predicted molar refractivity (Wildman–Crippen MR) is 74.7 cm³/mol. The summed E-state index contributed by atoms with van der Waals surface area (Å²) in [6.07, 6.45) is 1.71. The van der Waals surface area contributed by atoms with E-state index in [0.717, 1.165) is 17.0 Å². The predicted octanol–water partition coefficient (Wildman–Crippen LogP) is 3.20. The first-order valence-corrected chi connectivity index (χ1v) is 6.20. The Kier molecular flexibility index (Phi) is 3.01. The number of aromatic nitrogens is 4. The van der Waals surface area contributed by atoms with E-state index in [9.17, 15) is 0 Å². The standard InChI is InChI=1S/C14H11ClN4/c1-19-12(7-8-16-19)14-17-11(9-13(15)18-14)10-5-3-2-4-6-10/h2-9H,1H3. The zero-order valence-corrected chi connectivity index (χ0v) is 11.0. The summed E-state index contributed by atoms with van der Waals surface area (Å²) >= 11 is 6.09. The molecule has 3 rings (SSSR count). The van der Waals surface area contributed by atoms with Crippen LogP contribution < -0.4 is 0 Å². The van der Waals surface area contributed by atoms with Gasteiger partial charge in [0.2, 0.25) is 0 Å². The lowest BCUT2D eigenvalue weighted by Gasteiger charge is -2.05. The van der Waals surface area contributed by atoms with Crippen LogP contribution in [0.1, 0.15) is 0 Å². The summed E-state index contributed by atoms with van der Waals surface area (Å²) in [4.78, 5) is 8.81. The van der Waals surface area contributed by atoms with E-state index in [1.54, 1.807) is 16.9 Å². The van der Waals surface area contributed by atoms with Crippen LogP contribution in [-0.4, -0.2) is 19.7 Å². The van der Waals surface area contributed by atoms with Gasteiger partial charge in [-0.15, -0.1) is 0 Å². The number of hydrogen-bond donors (Lipinski definition) is 0. The highest BCUT2D eigenvalue weighted by Crippen LogP contribution is 2.23. The third-order valence-corrected chi connectivity index (χ3v) is 3.01. The van der Waals surface area contributed by atoms with Crippen molar-refractivity contribution < 1.29 is 0 Å². The first kappa shape index (κ1) is 11.9. The normalized spacial score (nSPS) is 10.6. The average Bonchev–Trinajstić information content (AvgIpc) is 2.85. The highest BCUT2D eigenvalue weighted by molar-refractivity contribution is 6.29. The van der Waals surface area contributed by atoms with Gasteiger partial charge in [-0.3, -0.25) is 4.68 Å². The van der Waals surface area contributed by atoms with Crippen LogP contribution in [0.5, 0.6) is 0 Å². The minimum atomic E-state index is 0.421. The third kappa shape index (κ3) is 2.35. The van der Waals surface area contributed by atoms with E-state index in [0.29, 0.717) is 11.0 Å². The molecule has 0 saturated heterocycles. The number of hydrogen-bond acceptors (Lipinski definition) is 3. The second-order valence-corrected chi connectivity index (χ2v) is 4.49. The van der Waals surface area contributed by atoms with Gasteiger partial charge >= 0.3 is 0 Å². The molecule has 94 valence electrons. The van der Waals surface area contributed by atoms with Crippen molar-refractivity contribution in [1.29, 1.82) is 0 Å². The number of benzene rings is 1. The second-order valence-electron chi connectivity index (χ2n) is 4.11. The van der Waals surface area contributed by atoms with Crippen molar-refractivity contribution in [2.24, 2.45) is 7.05 Å². The fourth-order valence-electron chi connectivity index (χ4n) is 1.88. The highest BCUT2D eigenvalue weighted by atomic mass is 35.5. The Morgan fingerprint density at radius 1 is 1.05 bits per heavy atom. The quantitative estimate of drug-likeness (QED) is 0.672. The zero-order chi connectivity index (χ0) is 13.2. The summed E-state index contributed by atoms with van der Waals surface area (Å²) in [6, 6.07) is 13.5. The van der Waals surface area contributed by atoms with Crippen LogP contribution >= 0.6 is 11.6 Å². The Hall–Kier alpha value is -2.20. The maximum Gasteiger partial charge on any atom is 0.179 e. The van der Waals surface area contributed by atoms with Crippen LogP contribution in [0.25, 0.3) is 22.8 Å². The molecule has 4 nitrogen and oxygen atoms in total. The van der Waals surface area contributed by atoms with Gasteiger partial charge in [0.25, 0.3) is 0 Å². The summed E-state index contributed by atoms with van der Waals surface area (Å²) in [7, 11) is 1.85. The molecule has 0 aliphatic carbocycles. The Bertz CT molecular complexity index is 706. The molecule has 0 aliphatic heterocycles. The molecular weight excluding hydrogens is 260 g/mol. The molecule has 5 heteroatoms. The Morgan fingerprint density at radius 3 is 2.53 bits per heavy atom. The van der Waals surface area contributed by atoms with E-state index in [2.05, 4.69) is 15.1 Å². The fraction of sp³-hybridized carbons (Fsp3) is 0.0714. The van der Waals surface area contributed by atoms with E-state index in [1.807, 2.05) is 43.4 Å². The number of rotatable bonds is 2. The number of nitrogens with zero attached hydrogens (tertiary/aromatic N) is 4. The van der Waals surface area contributed by atoms with Crippen molar-refractivity contribution in [3.8, 4) is 22.8 Å². The lowest BCUT2D eigenvalue weighted by atomic mass is 10.1. The van der Waals surface area contributed by atoms with Crippen molar-refractivity contribution in [1.82, 2.24) is 19.7 Å². The molecular formula is C14H11ClN4. The van der Waals surface area contributed by atoms with Crippen molar-refractivity contribution in [2.45, 2.75) is 0 Å². The molecule has 0 unspecified atom stereocenters. The average molecular weight is 271 g/mol. The molecule has 2 aromatic heterocycles. The van der Waals surface area contributed by atoms with Gasteiger partial charge in [-0.2, -0.15) is 5.10 Å².